The van der Waals surface area contributed by atoms with Crippen LogP contribution in [-0.4, -0.2) is 220 Å². The third kappa shape index (κ3) is 26.2. The molecule has 0 aromatic carbocycles. The molecule has 12 heterocycles. The van der Waals surface area contributed by atoms with Crippen LogP contribution in [0.4, 0.5) is 0 Å². The normalized spacial score (nSPS) is 38.6. The fourth-order valence-electron chi connectivity index (χ4n) is 21.1. The highest BCUT2D eigenvalue weighted by atomic mass is 28.4. The van der Waals surface area contributed by atoms with E-state index in [1.165, 1.54) is 12.7 Å². The Balaban J connectivity index is 0.000000296. The average molecular weight is 1820 g/mol. The van der Waals surface area contributed by atoms with Crippen LogP contribution in [0.2, 0.25) is 54.4 Å². The Morgan fingerprint density at radius 2 is 1.06 bits per heavy atom. The van der Waals surface area contributed by atoms with Gasteiger partial charge in [-0.2, -0.15) is 9.59 Å². The highest BCUT2D eigenvalue weighted by Gasteiger charge is 2.68. The van der Waals surface area contributed by atoms with Gasteiger partial charge in [-0.3, -0.25) is 9.59 Å². The van der Waals surface area contributed by atoms with Crippen molar-refractivity contribution >= 4 is 42.9 Å². The minimum absolute atomic E-state index is 0.0145. The Morgan fingerprint density at radius 1 is 0.571 bits per heavy atom. The van der Waals surface area contributed by atoms with E-state index in [4.69, 9.17) is 79.7 Å². The molecule has 126 heavy (non-hydrogen) atoms. The summed E-state index contributed by atoms with van der Waals surface area (Å²) in [7, 11) is -4.96. The minimum atomic E-state index is -2.33. The van der Waals surface area contributed by atoms with E-state index in [1.54, 1.807) is 6.08 Å². The topological polar surface area (TPSA) is 247 Å². The number of ketones is 1. The van der Waals surface area contributed by atoms with E-state index in [0.717, 1.165) is 119 Å². The maximum Gasteiger partial charge on any atom is 0.373 e. The predicted molar refractivity (Wildman–Crippen MR) is 502 cm³/mol. The van der Waals surface area contributed by atoms with E-state index >= 15 is 0 Å². The number of allylic oxidation sites excluding steroid dienone is 1. The maximum atomic E-state index is 13.9. The van der Waals surface area contributed by atoms with E-state index < -0.39 is 42.9 Å². The van der Waals surface area contributed by atoms with E-state index in [0.29, 0.717) is 62.4 Å². The molecule has 4 unspecified atom stereocenters. The second-order valence-corrected chi connectivity index (χ2v) is 59.2. The lowest BCUT2D eigenvalue weighted by Crippen LogP contribution is -2.60. The number of aliphatic hydroxyl groups excluding tert-OH is 2. The summed E-state index contributed by atoms with van der Waals surface area (Å²) in [5, 5.41) is 19.6. The number of hydrogen-bond donors (Lipinski definition) is 2. The van der Waals surface area contributed by atoms with Crippen molar-refractivity contribution in [3.8, 4) is 0 Å². The van der Waals surface area contributed by atoms with Gasteiger partial charge in [0.2, 0.25) is 0 Å². The first-order valence-corrected chi connectivity index (χ1v) is 57.3. The molecule has 0 spiro atoms. The molecule has 0 aromatic heterocycles. The van der Waals surface area contributed by atoms with Crippen LogP contribution in [-0.2, 0) is 89.3 Å². The second-order valence-electron chi connectivity index (χ2n) is 44.9. The van der Waals surface area contributed by atoms with Crippen LogP contribution in [0.3, 0.4) is 0 Å². The molecule has 0 saturated carbocycles. The fraction of sp³-hybridized carbons (Fsp3) is 0.833. The van der Waals surface area contributed by atoms with Crippen molar-refractivity contribution in [1.29, 1.82) is 0 Å². The molecule has 12 fully saturated rings. The minimum Gasteiger partial charge on any atom is -0.469 e. The van der Waals surface area contributed by atoms with Gasteiger partial charge in [-0.1, -0.05) is 176 Å². The Hall–Kier alpha value is -3.29. The van der Waals surface area contributed by atoms with Crippen molar-refractivity contribution in [2.75, 3.05) is 20.3 Å². The molecule has 12 aliphatic rings. The van der Waals surface area contributed by atoms with Gasteiger partial charge >= 0.3 is 12.1 Å². The van der Waals surface area contributed by atoms with Crippen LogP contribution in [0.1, 0.15) is 259 Å². The van der Waals surface area contributed by atoms with Crippen molar-refractivity contribution in [3.63, 3.8) is 0 Å². The first kappa shape index (κ1) is 106. The van der Waals surface area contributed by atoms with Gasteiger partial charge in [0.1, 0.15) is 24.4 Å². The predicted octanol–water partition coefficient (Wildman–Crippen LogP) is 20.4. The van der Waals surface area contributed by atoms with Gasteiger partial charge in [0.15, 0.2) is 36.5 Å². The Labute approximate surface area is 763 Å². The van der Waals surface area contributed by atoms with Crippen LogP contribution < -0.4 is 0 Å². The summed E-state index contributed by atoms with van der Waals surface area (Å²) in [4.78, 5) is 42.9. The average Bonchev–Trinajstić information content (AvgIpc) is 1.55. The number of methoxy groups -OCH3 is 1. The van der Waals surface area contributed by atoms with E-state index in [-0.39, 0.29) is 203 Å². The number of carbonyl (C=O) groups is 2. The molecule has 12 saturated heterocycles. The quantitative estimate of drug-likeness (QED) is 0.0252. The Kier molecular flexibility index (Phi) is 37.9. The summed E-state index contributed by atoms with van der Waals surface area (Å²) in [5.74, 6) is 1.78. The summed E-state index contributed by atoms with van der Waals surface area (Å²) in [6.07, 6.45) is 21.6. The smallest absolute Gasteiger partial charge is 0.373 e. The molecule has 6 bridgehead atoms. The zero-order chi connectivity index (χ0) is 93.4. The van der Waals surface area contributed by atoms with Crippen LogP contribution in [0.15, 0.2) is 86.1 Å². The van der Waals surface area contributed by atoms with Crippen LogP contribution in [0, 0.1) is 59.2 Å². The van der Waals surface area contributed by atoms with Gasteiger partial charge in [-0.15, -0.1) is 13.2 Å². The largest absolute Gasteiger partial charge is 0.469 e. The lowest BCUT2D eigenvalue weighted by Gasteiger charge is -2.52. The molecule has 0 aliphatic carbocycles. The zero-order valence-corrected chi connectivity index (χ0v) is 85.5. The molecule has 21 nitrogen and oxygen atoms in total. The van der Waals surface area contributed by atoms with Gasteiger partial charge in [-0.05, 0) is 214 Å². The number of rotatable bonds is 38. The van der Waals surface area contributed by atoms with E-state index in [1.807, 2.05) is 18.2 Å². The third-order valence-corrected chi connectivity index (χ3v) is 46.2. The van der Waals surface area contributed by atoms with Crippen molar-refractivity contribution in [1.82, 2.24) is 0 Å². The summed E-state index contributed by atoms with van der Waals surface area (Å²) in [6, 6.07) is 0. The SMILES string of the molecule is C=CC[C@@H]1O[C@@H]([C@H](/C=C/C(=O)CC[C@H]2CC(=C)[C@H](CCC3C[C@@H](C)C(=C)[C@@H](C[C@@H]4O[C@H](C[C@H](C)CO[Si](C)(C)C(C)(C)C)[C@H](C)[C@H]4CC(=O)OC)O3)O2)O[Si](C)(C)C(C)(C)C)[C@@H](O[Si](C)(C)C(C)(C)C)[C@@H](C)[C@H]1C.C=CC[C@@H]1O[C@@H]2C3O[C@@H]4C[C@](CC[C@H]5CC(=C)[C@H](CCC6C[C@@H](C)C(=C)[C@@H](C[C@@H]7O[C@H](C[C@H](O)CO)[C@H](C)[C@H]7CC)O6)O5)(O[C@H]3C1C)O[C@H]24.O=C=O. The standard InChI is InChI=1S/C61H110O10Si3.C40H62O9.CO2/c1-25-26-51-43(6)44(7)57(71-74(23,24)61(15,16)17)58(69-51)52(70-73(21,22)60(12,13)14)31-28-46(62)27-29-47-35-41(4)50(66-47)32-30-48-34-40(3)42(5)54(67-48)37-55-49(36-56(63)64-18)45(8)53(68-55)33-39(2)38-65-72(19,20)59(9,10)11;1-8-10-31-25(7)36-38-39(46-31)37-35(47-38)19-40(48-36,49-37)14-13-28-16-22(4)30(43-28)12-11-27-15-21(3)23(5)33(44-27)18-34-29(9-2)24(6)32(45-34)17-26(42)20-41;2-1-3/h25,28,31,39-40,43-45,47-55,57-58H,1,4-5,26-27,29-30,32-38H2,2-3,6-24H3;8,21,24-39,41-42H,1,4-5,9-20H2,2-3,6-7H3;/b31-28+;;/t39-,40+,43+,44-,45+,47-,48?,49+,50-,51-,52-,53+,54+,55-,57-,58-;21-,24-,25?,26+,27?,28+,29-,30+,31+,32-,33-,34+,35-,36+,37+,38?,39+,40-;/m01./s1. The molecule has 34 atom stereocenters. The number of carbonyl (C=O) groups excluding carboxylic acids is 4. The maximum absolute atomic E-state index is 13.9. The molecule has 12 rings (SSSR count). The molecule has 24 heteroatoms. The van der Waals surface area contributed by atoms with Crippen LogP contribution >= 0.6 is 0 Å². The number of ether oxygens (including phenoxy) is 12. The molecule has 0 amide bonds. The summed E-state index contributed by atoms with van der Waals surface area (Å²) >= 11 is 0. The van der Waals surface area contributed by atoms with Crippen molar-refractivity contribution in [3.05, 3.63) is 86.1 Å². The van der Waals surface area contributed by atoms with Gasteiger partial charge < -0.3 is 80.3 Å². The molecule has 2 N–H and O–H groups in total. The summed E-state index contributed by atoms with van der Waals surface area (Å²) in [6.45, 7) is 80.7. The van der Waals surface area contributed by atoms with Crippen molar-refractivity contribution < 1.29 is 99.5 Å². The van der Waals surface area contributed by atoms with Gasteiger partial charge in [0, 0.05) is 57.0 Å². The fourth-order valence-corrected chi connectivity index (χ4v) is 24.8. The highest BCUT2D eigenvalue weighted by Crippen LogP contribution is 2.56. The van der Waals surface area contributed by atoms with Crippen LogP contribution in [0.25, 0.3) is 0 Å². The zero-order valence-electron chi connectivity index (χ0n) is 82.5. The van der Waals surface area contributed by atoms with Gasteiger partial charge in [-0.25, -0.2) is 0 Å². The first-order chi connectivity index (χ1) is 58.9. The van der Waals surface area contributed by atoms with Crippen molar-refractivity contribution in [2.45, 2.75) is 460 Å². The Bertz CT molecular complexity index is 3670. The molecule has 12 aliphatic heterocycles. The van der Waals surface area contributed by atoms with Gasteiger partial charge in [0.25, 0.3) is 0 Å². The number of esters is 1. The molecule has 718 valence electrons. The highest BCUT2D eigenvalue weighted by molar-refractivity contribution is 6.75. The van der Waals surface area contributed by atoms with Gasteiger partial charge in [0.05, 0.1) is 136 Å². The number of hydrogen-bond acceptors (Lipinski definition) is 21. The third-order valence-electron chi connectivity index (χ3n) is 32.7. The molecular weight excluding hydrogens is 1650 g/mol. The number of aliphatic hydroxyl groups is 2. The van der Waals surface area contributed by atoms with Crippen LogP contribution in [0.5, 0.6) is 0 Å². The van der Waals surface area contributed by atoms with E-state index in [9.17, 15) is 19.8 Å². The summed E-state index contributed by atoms with van der Waals surface area (Å²) < 4.78 is 100. The molecular formula is C102H172O21Si3. The molecule has 0 radical (unpaired) electrons. The Morgan fingerprint density at radius 3 is 1.58 bits per heavy atom. The lowest BCUT2D eigenvalue weighted by molar-refractivity contribution is -0.262. The lowest BCUT2D eigenvalue weighted by atomic mass is 9.79. The summed E-state index contributed by atoms with van der Waals surface area (Å²) in [5.41, 5.74) is 4.51. The van der Waals surface area contributed by atoms with E-state index in [2.05, 4.69) is 203 Å². The molecule has 0 aromatic rings. The first-order valence-electron chi connectivity index (χ1n) is 48.6. The second kappa shape index (κ2) is 44.9. The monoisotopic (exact) mass is 1820 g/mol. The van der Waals surface area contributed by atoms with Crippen molar-refractivity contribution in [2.24, 2.45) is 59.2 Å².